The molecule has 0 aliphatic carbocycles. The van der Waals surface area contributed by atoms with Crippen LogP contribution in [0.4, 0.5) is 5.82 Å². The highest BCUT2D eigenvalue weighted by Gasteiger charge is 2.14. The van der Waals surface area contributed by atoms with Gasteiger partial charge in [-0.1, -0.05) is 44.5 Å². The Kier molecular flexibility index (Phi) is 5.18. The van der Waals surface area contributed by atoms with E-state index in [2.05, 4.69) is 38.0 Å². The Morgan fingerprint density at radius 2 is 2.00 bits per heavy atom. The maximum absolute atomic E-state index is 6.11. The van der Waals surface area contributed by atoms with E-state index in [1.165, 1.54) is 0 Å². The van der Waals surface area contributed by atoms with Crippen LogP contribution in [-0.4, -0.2) is 16.5 Å². The molecular weight excluding hydrogens is 282 g/mol. The summed E-state index contributed by atoms with van der Waals surface area (Å²) in [7, 11) is 0. The summed E-state index contributed by atoms with van der Waals surface area (Å²) in [5, 5.41) is 4.12. The van der Waals surface area contributed by atoms with Gasteiger partial charge >= 0.3 is 0 Å². The predicted octanol–water partition coefficient (Wildman–Crippen LogP) is 5.05. The molecule has 4 heteroatoms. The normalized spacial score (nSPS) is 11.0. The van der Waals surface area contributed by atoms with Crippen LogP contribution in [0.5, 0.6) is 0 Å². The second-order valence-corrected chi connectivity index (χ2v) is 5.93. The summed E-state index contributed by atoms with van der Waals surface area (Å²) in [5.41, 5.74) is 3.05. The molecule has 0 bridgehead atoms. The second kappa shape index (κ2) is 6.90. The van der Waals surface area contributed by atoms with Crippen molar-refractivity contribution in [3.05, 3.63) is 40.7 Å². The summed E-state index contributed by atoms with van der Waals surface area (Å²) in [6.07, 6.45) is 1.06. The van der Waals surface area contributed by atoms with E-state index in [0.717, 1.165) is 46.5 Å². The van der Waals surface area contributed by atoms with Crippen molar-refractivity contribution in [3.8, 4) is 11.3 Å². The van der Waals surface area contributed by atoms with Gasteiger partial charge in [0.1, 0.15) is 11.6 Å². The highest BCUT2D eigenvalue weighted by Crippen LogP contribution is 2.29. The van der Waals surface area contributed by atoms with Gasteiger partial charge in [-0.15, -0.1) is 0 Å². The first-order chi connectivity index (χ1) is 10.0. The fourth-order valence-corrected chi connectivity index (χ4v) is 2.31. The number of benzene rings is 1. The molecule has 1 aromatic carbocycles. The molecule has 1 N–H and O–H groups in total. The van der Waals surface area contributed by atoms with Gasteiger partial charge < -0.3 is 5.32 Å². The molecule has 0 unspecified atom stereocenters. The number of hydrogen-bond donors (Lipinski definition) is 1. The van der Waals surface area contributed by atoms with Gasteiger partial charge in [0, 0.05) is 28.6 Å². The lowest BCUT2D eigenvalue weighted by molar-refractivity contribution is 0.772. The summed E-state index contributed by atoms with van der Waals surface area (Å²) in [4.78, 5) is 9.40. The minimum atomic E-state index is 0.283. The van der Waals surface area contributed by atoms with E-state index < -0.39 is 0 Å². The fraction of sp³-hybridized carbons (Fsp3) is 0.412. The van der Waals surface area contributed by atoms with E-state index in [1.807, 2.05) is 24.3 Å². The van der Waals surface area contributed by atoms with E-state index in [0.29, 0.717) is 0 Å². The third kappa shape index (κ3) is 3.73. The smallest absolute Gasteiger partial charge is 0.133 e. The van der Waals surface area contributed by atoms with Crippen molar-refractivity contribution in [1.82, 2.24) is 9.97 Å². The van der Waals surface area contributed by atoms with Crippen molar-refractivity contribution < 1.29 is 0 Å². The third-order valence-corrected chi connectivity index (χ3v) is 3.56. The van der Waals surface area contributed by atoms with Crippen molar-refractivity contribution in [2.24, 2.45) is 0 Å². The molecule has 0 radical (unpaired) electrons. The number of halogens is 1. The van der Waals surface area contributed by atoms with Crippen LogP contribution in [0.25, 0.3) is 11.3 Å². The third-order valence-electron chi connectivity index (χ3n) is 3.32. The summed E-state index contributed by atoms with van der Waals surface area (Å²) in [6, 6.07) is 7.81. The SMILES string of the molecule is CCCNc1nc(C(C)C)nc(-c2cccc(Cl)c2)c1C. The molecule has 3 nitrogen and oxygen atoms in total. The highest BCUT2D eigenvalue weighted by atomic mass is 35.5. The van der Waals surface area contributed by atoms with E-state index in [9.17, 15) is 0 Å². The Morgan fingerprint density at radius 3 is 2.62 bits per heavy atom. The van der Waals surface area contributed by atoms with Gasteiger partial charge in [0.25, 0.3) is 0 Å². The van der Waals surface area contributed by atoms with E-state index in [-0.39, 0.29) is 5.92 Å². The molecule has 0 aliphatic rings. The zero-order valence-electron chi connectivity index (χ0n) is 13.1. The maximum Gasteiger partial charge on any atom is 0.133 e. The van der Waals surface area contributed by atoms with Gasteiger partial charge in [0.05, 0.1) is 5.69 Å². The largest absolute Gasteiger partial charge is 0.370 e. The van der Waals surface area contributed by atoms with Crippen molar-refractivity contribution >= 4 is 17.4 Å². The van der Waals surface area contributed by atoms with Crippen LogP contribution in [0.15, 0.2) is 24.3 Å². The fourth-order valence-electron chi connectivity index (χ4n) is 2.12. The number of nitrogens with one attached hydrogen (secondary N) is 1. The Hall–Kier alpha value is -1.61. The lowest BCUT2D eigenvalue weighted by Gasteiger charge is -2.15. The van der Waals surface area contributed by atoms with Crippen molar-refractivity contribution in [3.63, 3.8) is 0 Å². The summed E-state index contributed by atoms with van der Waals surface area (Å²) in [6.45, 7) is 9.32. The lowest BCUT2D eigenvalue weighted by Crippen LogP contribution is -2.10. The molecule has 0 spiro atoms. The number of aromatic nitrogens is 2. The molecule has 0 aliphatic heterocycles. The lowest BCUT2D eigenvalue weighted by atomic mass is 10.1. The summed E-state index contributed by atoms with van der Waals surface area (Å²) >= 11 is 6.11. The average molecular weight is 304 g/mol. The van der Waals surface area contributed by atoms with Gasteiger partial charge in [-0.05, 0) is 25.5 Å². The molecule has 0 saturated carbocycles. The predicted molar refractivity (Wildman–Crippen MR) is 90.1 cm³/mol. The number of anilines is 1. The minimum Gasteiger partial charge on any atom is -0.370 e. The molecule has 1 aromatic heterocycles. The van der Waals surface area contributed by atoms with E-state index in [4.69, 9.17) is 16.6 Å². The van der Waals surface area contributed by atoms with Crippen molar-refractivity contribution in [1.29, 1.82) is 0 Å². The average Bonchev–Trinajstić information content (AvgIpc) is 2.46. The topological polar surface area (TPSA) is 37.8 Å². The van der Waals surface area contributed by atoms with Crippen LogP contribution in [0.3, 0.4) is 0 Å². The molecule has 21 heavy (non-hydrogen) atoms. The molecule has 1 heterocycles. The monoisotopic (exact) mass is 303 g/mol. The van der Waals surface area contributed by atoms with E-state index in [1.54, 1.807) is 0 Å². The minimum absolute atomic E-state index is 0.283. The molecule has 2 rings (SSSR count). The van der Waals surface area contributed by atoms with Gasteiger partial charge in [-0.3, -0.25) is 0 Å². The zero-order valence-corrected chi connectivity index (χ0v) is 13.8. The van der Waals surface area contributed by atoms with Crippen LogP contribution in [-0.2, 0) is 0 Å². The Labute approximate surface area is 131 Å². The second-order valence-electron chi connectivity index (χ2n) is 5.50. The van der Waals surface area contributed by atoms with Gasteiger partial charge in [-0.2, -0.15) is 0 Å². The Bertz CT molecular complexity index is 623. The van der Waals surface area contributed by atoms with Crippen LogP contribution in [0.2, 0.25) is 5.02 Å². The number of nitrogens with zero attached hydrogens (tertiary/aromatic N) is 2. The van der Waals surface area contributed by atoms with Crippen LogP contribution < -0.4 is 5.32 Å². The van der Waals surface area contributed by atoms with Crippen molar-refractivity contribution in [2.75, 3.05) is 11.9 Å². The molecule has 2 aromatic rings. The Morgan fingerprint density at radius 1 is 1.24 bits per heavy atom. The Balaban J connectivity index is 2.55. The van der Waals surface area contributed by atoms with Gasteiger partial charge in [-0.25, -0.2) is 9.97 Å². The van der Waals surface area contributed by atoms with Crippen LogP contribution in [0.1, 0.15) is 44.5 Å². The maximum atomic E-state index is 6.11. The summed E-state index contributed by atoms with van der Waals surface area (Å²) in [5.74, 6) is 2.06. The number of hydrogen-bond acceptors (Lipinski definition) is 3. The first-order valence-electron chi connectivity index (χ1n) is 7.41. The molecule has 0 fully saturated rings. The van der Waals surface area contributed by atoms with Gasteiger partial charge in [0.15, 0.2) is 0 Å². The molecule has 112 valence electrons. The summed E-state index contributed by atoms with van der Waals surface area (Å²) < 4.78 is 0. The van der Waals surface area contributed by atoms with Crippen LogP contribution >= 0.6 is 11.6 Å². The molecular formula is C17H22ClN3. The zero-order chi connectivity index (χ0) is 15.4. The van der Waals surface area contributed by atoms with Gasteiger partial charge in [0.2, 0.25) is 0 Å². The van der Waals surface area contributed by atoms with Crippen LogP contribution in [0, 0.1) is 6.92 Å². The van der Waals surface area contributed by atoms with Crippen molar-refractivity contribution in [2.45, 2.75) is 40.0 Å². The first-order valence-corrected chi connectivity index (χ1v) is 7.79. The first kappa shape index (κ1) is 15.8. The van der Waals surface area contributed by atoms with E-state index >= 15 is 0 Å². The standard InChI is InChI=1S/C17H22ClN3/c1-5-9-19-17-12(4)15(20-16(21-17)11(2)3)13-7-6-8-14(18)10-13/h6-8,10-11H,5,9H2,1-4H3,(H,19,20,21). The molecule has 0 atom stereocenters. The highest BCUT2D eigenvalue weighted by molar-refractivity contribution is 6.30. The molecule has 0 saturated heterocycles. The molecule has 0 amide bonds. The number of rotatable bonds is 5. The quantitative estimate of drug-likeness (QED) is 0.840.